The molecule has 5 N–H and O–H groups in total. The highest BCUT2D eigenvalue weighted by Gasteiger charge is 2.08. The predicted molar refractivity (Wildman–Crippen MR) is 82.4 cm³/mol. The molecule has 8 heteroatoms. The van der Waals surface area contributed by atoms with Gasteiger partial charge in [-0.1, -0.05) is 12.1 Å². The average Bonchev–Trinajstić information content (AvgIpc) is 2.48. The molecule has 0 fully saturated rings. The first-order chi connectivity index (χ1) is 10.9. The molecule has 1 atom stereocenters. The molecule has 0 aromatic heterocycles. The molecule has 0 unspecified atom stereocenters. The summed E-state index contributed by atoms with van der Waals surface area (Å²) >= 11 is 0. The Kier molecular flexibility index (Phi) is 10.3. The fraction of sp³-hybridized carbons (Fsp3) is 0.400. The lowest BCUT2D eigenvalue weighted by Crippen LogP contribution is -2.41. The molecule has 126 valence electrons. The van der Waals surface area contributed by atoms with Crippen molar-refractivity contribution in [3.05, 3.63) is 29.8 Å². The summed E-state index contributed by atoms with van der Waals surface area (Å²) in [4.78, 5) is 38.2. The predicted octanol–water partition coefficient (Wildman–Crippen LogP) is 0.780. The van der Waals surface area contributed by atoms with E-state index in [2.05, 4.69) is 10.6 Å². The van der Waals surface area contributed by atoms with Gasteiger partial charge in [0.2, 0.25) is 0 Å². The van der Waals surface area contributed by atoms with Crippen LogP contribution >= 0.6 is 0 Å². The Morgan fingerprint density at radius 1 is 1.26 bits per heavy atom. The summed E-state index contributed by atoms with van der Waals surface area (Å²) in [5.74, 6) is -0.859. The summed E-state index contributed by atoms with van der Waals surface area (Å²) in [6.07, 6.45) is 1.44. The van der Waals surface area contributed by atoms with E-state index in [1.807, 2.05) is 24.3 Å². The van der Waals surface area contributed by atoms with Crippen LogP contribution in [0.3, 0.4) is 0 Å². The van der Waals surface area contributed by atoms with Crippen molar-refractivity contribution in [1.29, 1.82) is 0 Å². The molecule has 0 radical (unpaired) electrons. The summed E-state index contributed by atoms with van der Waals surface area (Å²) in [5.41, 5.74) is 7.40. The third kappa shape index (κ3) is 11.5. The number of urea groups is 1. The number of hydrogen-bond acceptors (Lipinski definition) is 5. The molecule has 0 heterocycles. The van der Waals surface area contributed by atoms with Crippen LogP contribution in [0.2, 0.25) is 0 Å². The van der Waals surface area contributed by atoms with Gasteiger partial charge in [-0.05, 0) is 37.5 Å². The van der Waals surface area contributed by atoms with Gasteiger partial charge in [0.25, 0.3) is 0 Å². The molecule has 0 bridgehead atoms. The van der Waals surface area contributed by atoms with E-state index < -0.39 is 5.97 Å². The molecule has 23 heavy (non-hydrogen) atoms. The van der Waals surface area contributed by atoms with Crippen LogP contribution in [0, 0.1) is 0 Å². The number of carboxylic acid groups (broad SMARTS) is 1. The van der Waals surface area contributed by atoms with Crippen LogP contribution in [0.5, 0.6) is 0 Å². The number of benzene rings is 1. The second kappa shape index (κ2) is 11.8. The Morgan fingerprint density at radius 2 is 1.83 bits per heavy atom. The highest BCUT2D eigenvalue weighted by Crippen LogP contribution is 2.05. The van der Waals surface area contributed by atoms with Crippen molar-refractivity contribution in [3.8, 4) is 0 Å². The molecule has 0 aliphatic carbocycles. The zero-order valence-electron chi connectivity index (χ0n) is 12.9. The van der Waals surface area contributed by atoms with E-state index in [4.69, 9.17) is 20.4 Å². The number of carboxylic acids is 1. The first-order valence-electron chi connectivity index (χ1n) is 6.99. The van der Waals surface area contributed by atoms with Crippen LogP contribution in [0.15, 0.2) is 24.3 Å². The maximum absolute atomic E-state index is 11.6. The highest BCUT2D eigenvalue weighted by atomic mass is 16.4. The molecule has 2 amide bonds. The van der Waals surface area contributed by atoms with Crippen molar-refractivity contribution in [2.75, 3.05) is 12.3 Å². The number of amides is 2. The maximum Gasteiger partial charge on any atom is 0.373 e. The quantitative estimate of drug-likeness (QED) is 0.547. The van der Waals surface area contributed by atoms with E-state index >= 15 is 0 Å². The van der Waals surface area contributed by atoms with E-state index in [0.717, 1.165) is 12.0 Å². The molecule has 0 aliphatic rings. The van der Waals surface area contributed by atoms with Crippen molar-refractivity contribution in [3.63, 3.8) is 0 Å². The molecule has 1 aromatic rings. The zero-order valence-corrected chi connectivity index (χ0v) is 12.9. The highest BCUT2D eigenvalue weighted by molar-refractivity contribution is 5.74. The van der Waals surface area contributed by atoms with Crippen molar-refractivity contribution < 1.29 is 24.3 Å². The normalized spacial score (nSPS) is 10.5. The summed E-state index contributed by atoms with van der Waals surface area (Å²) in [6, 6.07) is 7.04. The van der Waals surface area contributed by atoms with E-state index in [1.54, 1.807) is 6.92 Å². The number of nitrogens with two attached hydrogens (primary N) is 1. The fourth-order valence-electron chi connectivity index (χ4n) is 1.69. The smallest absolute Gasteiger partial charge is 0.373 e. The SMILES string of the molecule is C[C@H](CCC(=O)O)NC(=O)NCCc1ccc(N)cc1.O=C=O. The number of carbonyl (C=O) groups excluding carboxylic acids is 3. The summed E-state index contributed by atoms with van der Waals surface area (Å²) in [6.45, 7) is 2.30. The lowest BCUT2D eigenvalue weighted by atomic mass is 10.1. The lowest BCUT2D eigenvalue weighted by Gasteiger charge is -2.13. The van der Waals surface area contributed by atoms with Gasteiger partial charge < -0.3 is 21.5 Å². The van der Waals surface area contributed by atoms with Gasteiger partial charge in [0.1, 0.15) is 0 Å². The maximum atomic E-state index is 11.6. The van der Waals surface area contributed by atoms with Crippen molar-refractivity contribution in [2.24, 2.45) is 0 Å². The van der Waals surface area contributed by atoms with Crippen LogP contribution in [-0.4, -0.2) is 35.8 Å². The minimum atomic E-state index is -0.859. The van der Waals surface area contributed by atoms with E-state index in [0.29, 0.717) is 18.7 Å². The number of nitrogen functional groups attached to an aromatic ring is 1. The third-order valence-corrected chi connectivity index (χ3v) is 2.85. The summed E-state index contributed by atoms with van der Waals surface area (Å²) in [7, 11) is 0. The van der Waals surface area contributed by atoms with E-state index in [1.165, 1.54) is 0 Å². The standard InChI is InChI=1S/C14H21N3O3.CO2/c1-10(2-7-13(18)19)17-14(20)16-9-8-11-3-5-12(15)6-4-11;2-1-3/h3-6,10H,2,7-9,15H2,1H3,(H,18,19)(H2,16,17,20);/t10-;/m1./s1. The molecular formula is C15H21N3O5. The Labute approximate surface area is 134 Å². The van der Waals surface area contributed by atoms with Crippen LogP contribution in [0.4, 0.5) is 10.5 Å². The monoisotopic (exact) mass is 323 g/mol. The van der Waals surface area contributed by atoms with Gasteiger partial charge in [-0.2, -0.15) is 9.59 Å². The molecule has 1 aromatic carbocycles. The number of hydrogen-bond donors (Lipinski definition) is 4. The van der Waals surface area contributed by atoms with Crippen LogP contribution in [-0.2, 0) is 20.8 Å². The van der Waals surface area contributed by atoms with Crippen LogP contribution < -0.4 is 16.4 Å². The molecule has 0 saturated carbocycles. The van der Waals surface area contributed by atoms with Gasteiger partial charge in [0.05, 0.1) is 0 Å². The minimum absolute atomic E-state index is 0.0485. The van der Waals surface area contributed by atoms with Gasteiger partial charge in [0.15, 0.2) is 0 Å². The number of anilines is 1. The molecule has 0 aliphatic heterocycles. The summed E-state index contributed by atoms with van der Waals surface area (Å²) < 4.78 is 0. The van der Waals surface area contributed by atoms with Crippen molar-refractivity contribution >= 4 is 23.8 Å². The van der Waals surface area contributed by atoms with Crippen LogP contribution in [0.25, 0.3) is 0 Å². The Balaban J connectivity index is 0.00000149. The number of rotatable bonds is 7. The molecule has 0 spiro atoms. The number of aliphatic carboxylic acids is 1. The molecule has 1 rings (SSSR count). The van der Waals surface area contributed by atoms with Crippen molar-refractivity contribution in [1.82, 2.24) is 10.6 Å². The van der Waals surface area contributed by atoms with Gasteiger partial charge in [-0.15, -0.1) is 0 Å². The zero-order chi connectivity index (χ0) is 17.7. The van der Waals surface area contributed by atoms with Gasteiger partial charge in [-0.25, -0.2) is 4.79 Å². The largest absolute Gasteiger partial charge is 0.481 e. The summed E-state index contributed by atoms with van der Waals surface area (Å²) in [5, 5.41) is 14.0. The Morgan fingerprint density at radius 3 is 2.35 bits per heavy atom. The third-order valence-electron chi connectivity index (χ3n) is 2.85. The van der Waals surface area contributed by atoms with E-state index in [-0.39, 0.29) is 24.6 Å². The Hall–Kier alpha value is -2.86. The van der Waals surface area contributed by atoms with Gasteiger partial charge in [0, 0.05) is 24.7 Å². The number of nitrogens with one attached hydrogen (secondary N) is 2. The average molecular weight is 323 g/mol. The van der Waals surface area contributed by atoms with Crippen LogP contribution in [0.1, 0.15) is 25.3 Å². The topological polar surface area (TPSA) is 139 Å². The second-order valence-electron chi connectivity index (χ2n) is 4.81. The Bertz CT molecular complexity index is 524. The van der Waals surface area contributed by atoms with E-state index in [9.17, 15) is 9.59 Å². The fourth-order valence-corrected chi connectivity index (χ4v) is 1.69. The second-order valence-corrected chi connectivity index (χ2v) is 4.81. The molecule has 8 nitrogen and oxygen atoms in total. The first-order valence-corrected chi connectivity index (χ1v) is 6.99. The first kappa shape index (κ1) is 20.1. The van der Waals surface area contributed by atoms with Gasteiger partial charge in [-0.3, -0.25) is 4.79 Å². The lowest BCUT2D eigenvalue weighted by molar-refractivity contribution is -0.191. The molecular weight excluding hydrogens is 302 g/mol. The minimum Gasteiger partial charge on any atom is -0.481 e. The van der Waals surface area contributed by atoms with Crippen molar-refractivity contribution in [2.45, 2.75) is 32.2 Å². The van der Waals surface area contributed by atoms with Gasteiger partial charge >= 0.3 is 18.2 Å². The molecule has 0 saturated heterocycles. The number of carbonyl (C=O) groups is 2.